The summed E-state index contributed by atoms with van der Waals surface area (Å²) in [5, 5.41) is 5.06. The monoisotopic (exact) mass is 741 g/mol. The van der Waals surface area contributed by atoms with Crippen molar-refractivity contribution in [1.29, 1.82) is 0 Å². The number of aryl methyl sites for hydroxylation is 2. The SMILES string of the molecule is COCCCc1cc(CN(C(=O)C2=C(c3ccc(OCCOc4c(Cl)cc(C)cc4Cl)nc3)C[C@@H]3CN(C(C)=O)C[C@@H]2N3)C2CC2)c(Cl)cn1. The average molecular weight is 743 g/mol. The summed E-state index contributed by atoms with van der Waals surface area (Å²) >= 11 is 19.3. The van der Waals surface area contributed by atoms with Crippen molar-refractivity contribution in [2.75, 3.05) is 40.0 Å². The first-order chi connectivity index (χ1) is 24.1. The number of carbonyl (C=O) groups is 2. The van der Waals surface area contributed by atoms with E-state index in [4.69, 9.17) is 49.0 Å². The molecule has 2 aromatic heterocycles. The standard InChI is InChI=1S/C37H42Cl3N5O5/c1-22-13-30(38)36(31(39)14-22)50-12-11-49-34-9-6-24(17-42-34)29-16-27-20-44(23(2)46)21-33(43-27)35(29)37(47)45(28-7-8-28)19-25-15-26(5-4-10-48-3)41-18-32(25)40/h6,9,13-15,17-18,27-28,33,43H,4-5,7-8,10-12,16,19-21H2,1-3H3/t27-,33+/m1/s1. The number of nitrogens with zero attached hydrogens (tertiary/aromatic N) is 4. The molecular formula is C37H42Cl3N5O5. The highest BCUT2D eigenvalue weighted by Gasteiger charge is 2.43. The Hall–Kier alpha value is -3.41. The first kappa shape index (κ1) is 36.4. The maximum absolute atomic E-state index is 14.7. The molecule has 1 saturated heterocycles. The van der Waals surface area contributed by atoms with Crippen LogP contribution in [0, 0.1) is 6.92 Å². The molecule has 2 fully saturated rings. The first-order valence-corrected chi connectivity index (χ1v) is 18.1. The molecule has 4 heterocycles. The van der Waals surface area contributed by atoms with Crippen LogP contribution >= 0.6 is 34.8 Å². The highest BCUT2D eigenvalue weighted by atomic mass is 35.5. The molecule has 2 aliphatic heterocycles. The fourth-order valence-corrected chi connectivity index (χ4v) is 7.53. The second-order valence-corrected chi connectivity index (χ2v) is 14.3. The van der Waals surface area contributed by atoms with Gasteiger partial charge in [-0.15, -0.1) is 0 Å². The van der Waals surface area contributed by atoms with E-state index in [-0.39, 0.29) is 43.2 Å². The number of hydrogen-bond acceptors (Lipinski definition) is 8. The van der Waals surface area contributed by atoms with Gasteiger partial charge < -0.3 is 29.3 Å². The van der Waals surface area contributed by atoms with Crippen molar-refractivity contribution < 1.29 is 23.8 Å². The van der Waals surface area contributed by atoms with Gasteiger partial charge in [-0.05, 0) is 85.6 Å². The lowest BCUT2D eigenvalue weighted by molar-refractivity contribution is -0.132. The average Bonchev–Trinajstić information content (AvgIpc) is 3.93. The third-order valence-electron chi connectivity index (χ3n) is 9.25. The largest absolute Gasteiger partial charge is 0.487 e. The molecule has 13 heteroatoms. The predicted octanol–water partition coefficient (Wildman–Crippen LogP) is 6.32. The third-order valence-corrected chi connectivity index (χ3v) is 10.2. The second-order valence-electron chi connectivity index (χ2n) is 13.1. The van der Waals surface area contributed by atoms with Crippen LogP contribution in [0.5, 0.6) is 11.6 Å². The molecule has 266 valence electrons. The van der Waals surface area contributed by atoms with Crippen molar-refractivity contribution in [2.24, 2.45) is 0 Å². The number of aromatic nitrogens is 2. The molecule has 50 heavy (non-hydrogen) atoms. The van der Waals surface area contributed by atoms with E-state index in [2.05, 4.69) is 15.3 Å². The summed E-state index contributed by atoms with van der Waals surface area (Å²) in [6, 6.07) is 9.14. The molecule has 0 spiro atoms. The Morgan fingerprint density at radius 2 is 1.74 bits per heavy atom. The number of piperazine rings is 1. The van der Waals surface area contributed by atoms with Crippen LogP contribution in [0.4, 0.5) is 0 Å². The summed E-state index contributed by atoms with van der Waals surface area (Å²) in [7, 11) is 1.68. The normalized spacial score (nSPS) is 18.6. The lowest BCUT2D eigenvalue weighted by Crippen LogP contribution is -2.61. The second kappa shape index (κ2) is 16.3. The quantitative estimate of drug-likeness (QED) is 0.192. The number of amides is 2. The Morgan fingerprint density at radius 1 is 0.980 bits per heavy atom. The zero-order valence-electron chi connectivity index (χ0n) is 28.5. The minimum Gasteiger partial charge on any atom is -0.487 e. The molecule has 1 saturated carbocycles. The van der Waals surface area contributed by atoms with Gasteiger partial charge in [0.1, 0.15) is 13.2 Å². The van der Waals surface area contributed by atoms with E-state index in [1.165, 1.54) is 0 Å². The smallest absolute Gasteiger partial charge is 0.252 e. The topological polar surface area (TPSA) is 106 Å². The molecule has 2 amide bonds. The number of benzene rings is 1. The summed E-state index contributed by atoms with van der Waals surface area (Å²) < 4.78 is 16.9. The van der Waals surface area contributed by atoms with Gasteiger partial charge in [-0.2, -0.15) is 0 Å². The minimum absolute atomic E-state index is 0.000522. The van der Waals surface area contributed by atoms with Crippen molar-refractivity contribution in [3.05, 3.63) is 85.8 Å². The van der Waals surface area contributed by atoms with Gasteiger partial charge in [0, 0.05) is 82.1 Å². The lowest BCUT2D eigenvalue weighted by Gasteiger charge is -2.44. The molecule has 1 aromatic carbocycles. The molecule has 0 radical (unpaired) electrons. The van der Waals surface area contributed by atoms with Crippen LogP contribution in [0.25, 0.3) is 5.57 Å². The molecule has 3 aromatic rings. The molecule has 10 nitrogen and oxygen atoms in total. The number of hydrogen-bond donors (Lipinski definition) is 1. The summed E-state index contributed by atoms with van der Waals surface area (Å²) in [6.45, 7) is 5.96. The van der Waals surface area contributed by atoms with Gasteiger partial charge in [0.05, 0.1) is 21.1 Å². The van der Waals surface area contributed by atoms with Crippen LogP contribution in [0.15, 0.2) is 48.3 Å². The van der Waals surface area contributed by atoms with Crippen LogP contribution in [0.3, 0.4) is 0 Å². The van der Waals surface area contributed by atoms with Crippen molar-refractivity contribution >= 4 is 52.2 Å². The van der Waals surface area contributed by atoms with Gasteiger partial charge in [0.25, 0.3) is 5.91 Å². The first-order valence-electron chi connectivity index (χ1n) is 17.0. The number of nitrogens with one attached hydrogen (secondary N) is 1. The number of ether oxygens (including phenoxy) is 3. The van der Waals surface area contributed by atoms with E-state index in [1.54, 1.807) is 44.6 Å². The van der Waals surface area contributed by atoms with Gasteiger partial charge in [-0.1, -0.05) is 34.8 Å². The van der Waals surface area contributed by atoms with Gasteiger partial charge in [0.2, 0.25) is 11.8 Å². The van der Waals surface area contributed by atoms with Gasteiger partial charge >= 0.3 is 0 Å². The summed E-state index contributed by atoms with van der Waals surface area (Å²) in [6.07, 6.45) is 7.46. The lowest BCUT2D eigenvalue weighted by atomic mass is 9.83. The van der Waals surface area contributed by atoms with Crippen molar-refractivity contribution in [3.63, 3.8) is 0 Å². The molecule has 3 aliphatic rings. The molecular weight excluding hydrogens is 701 g/mol. The highest BCUT2D eigenvalue weighted by Crippen LogP contribution is 2.38. The van der Waals surface area contributed by atoms with E-state index in [0.29, 0.717) is 64.9 Å². The molecule has 6 rings (SSSR count). The zero-order valence-corrected chi connectivity index (χ0v) is 30.8. The Kier molecular flexibility index (Phi) is 11.9. The number of fused-ring (bicyclic) bond motifs is 2. The summed E-state index contributed by atoms with van der Waals surface area (Å²) in [4.78, 5) is 40.1. The summed E-state index contributed by atoms with van der Waals surface area (Å²) in [5.74, 6) is 0.795. The molecule has 2 atom stereocenters. The van der Waals surface area contributed by atoms with Crippen LogP contribution in [-0.2, 0) is 27.3 Å². The van der Waals surface area contributed by atoms with Crippen LogP contribution in [0.1, 0.15) is 55.0 Å². The van der Waals surface area contributed by atoms with Crippen LogP contribution in [0.2, 0.25) is 15.1 Å². The Morgan fingerprint density at radius 3 is 2.42 bits per heavy atom. The van der Waals surface area contributed by atoms with Crippen molar-refractivity contribution in [2.45, 2.75) is 70.6 Å². The zero-order chi connectivity index (χ0) is 35.4. The predicted molar refractivity (Wildman–Crippen MR) is 194 cm³/mol. The number of carbonyl (C=O) groups excluding carboxylic acids is 2. The van der Waals surface area contributed by atoms with Gasteiger partial charge in [-0.3, -0.25) is 14.6 Å². The van der Waals surface area contributed by atoms with Crippen molar-refractivity contribution in [3.8, 4) is 11.6 Å². The van der Waals surface area contributed by atoms with E-state index >= 15 is 0 Å². The number of rotatable bonds is 14. The number of halogens is 3. The highest BCUT2D eigenvalue weighted by molar-refractivity contribution is 6.37. The van der Waals surface area contributed by atoms with Crippen LogP contribution in [-0.4, -0.2) is 89.7 Å². The maximum Gasteiger partial charge on any atom is 0.252 e. The number of pyridine rings is 2. The van der Waals surface area contributed by atoms with E-state index in [1.807, 2.05) is 28.9 Å². The van der Waals surface area contributed by atoms with E-state index in [9.17, 15) is 9.59 Å². The Labute approximate surface area is 308 Å². The molecule has 0 unspecified atom stereocenters. The van der Waals surface area contributed by atoms with E-state index in [0.717, 1.165) is 53.6 Å². The third kappa shape index (κ3) is 8.72. The molecule has 1 N–H and O–H groups in total. The minimum atomic E-state index is -0.318. The Bertz CT molecular complexity index is 1730. The maximum atomic E-state index is 14.7. The van der Waals surface area contributed by atoms with Gasteiger partial charge in [0.15, 0.2) is 5.75 Å². The van der Waals surface area contributed by atoms with Crippen LogP contribution < -0.4 is 14.8 Å². The van der Waals surface area contributed by atoms with Crippen molar-refractivity contribution in [1.82, 2.24) is 25.1 Å². The fourth-order valence-electron chi connectivity index (χ4n) is 6.66. The molecule has 1 aliphatic carbocycles. The molecule has 2 bridgehead atoms. The number of methoxy groups -OCH3 is 1. The summed E-state index contributed by atoms with van der Waals surface area (Å²) in [5.41, 5.74) is 5.18. The fraction of sp³-hybridized carbons (Fsp3) is 0.459. The van der Waals surface area contributed by atoms with Gasteiger partial charge in [-0.25, -0.2) is 4.98 Å². The van der Waals surface area contributed by atoms with E-state index < -0.39 is 0 Å². The Balaban J connectivity index is 1.23.